The summed E-state index contributed by atoms with van der Waals surface area (Å²) in [6, 6.07) is 7.10. The molecule has 2 rings (SSSR count). The lowest BCUT2D eigenvalue weighted by Crippen LogP contribution is -2.62. The molecule has 15 heavy (non-hydrogen) atoms. The Morgan fingerprint density at radius 2 is 1.93 bits per heavy atom. The normalized spacial score (nSPS) is 15.5. The zero-order chi connectivity index (χ0) is 10.9. The highest BCUT2D eigenvalue weighted by Crippen LogP contribution is 2.17. The Hall–Kier alpha value is -1.14. The van der Waals surface area contributed by atoms with Crippen molar-refractivity contribution < 1.29 is 28.5 Å². The summed E-state index contributed by atoms with van der Waals surface area (Å²) < 4.78 is 35.5. The molecular weight excluding hydrogens is 222 g/mol. The van der Waals surface area contributed by atoms with Gasteiger partial charge >= 0.3 is 5.90 Å². The smallest absolute Gasteiger partial charge is 0.237 e. The van der Waals surface area contributed by atoms with Crippen LogP contribution in [-0.4, -0.2) is 12.4 Å². The molecule has 0 bridgehead atoms. The van der Waals surface area contributed by atoms with Gasteiger partial charge in [0.2, 0.25) is 0 Å². The van der Waals surface area contributed by atoms with Crippen molar-refractivity contribution in [3.8, 4) is 0 Å². The fourth-order valence-electron chi connectivity index (χ4n) is 1.47. The first kappa shape index (κ1) is 10.4. The second-order valence-electron chi connectivity index (χ2n) is 3.05. The van der Waals surface area contributed by atoms with Crippen LogP contribution in [0.4, 0.5) is 0 Å². The molecule has 6 heteroatoms. The van der Waals surface area contributed by atoms with E-state index in [1.54, 1.807) is 12.1 Å². The van der Waals surface area contributed by atoms with Gasteiger partial charge in [0.05, 0.1) is 5.56 Å². The van der Waals surface area contributed by atoms with Crippen molar-refractivity contribution in [2.75, 3.05) is 6.54 Å². The second-order valence-corrected chi connectivity index (χ2v) is 3.96. The molecule has 1 aromatic carbocycles. The lowest BCUT2D eigenvalue weighted by atomic mass is 10.0. The fourth-order valence-corrected chi connectivity index (χ4v) is 1.78. The molecule has 0 spiro atoms. The van der Waals surface area contributed by atoms with Crippen molar-refractivity contribution in [1.82, 2.24) is 0 Å². The molecule has 0 saturated carbocycles. The summed E-state index contributed by atoms with van der Waals surface area (Å²) in [6.45, 7) is 0.428. The standard InChI is InChI=1S/C9H8ClNO4/c12-10(13,14)15-9-8-4-2-1-3-7(8)5-6-11-9/h1-4H,5-6H2. The van der Waals surface area contributed by atoms with E-state index >= 15 is 0 Å². The van der Waals surface area contributed by atoms with Gasteiger partial charge in [-0.05, 0) is 22.3 Å². The first-order valence-corrected chi connectivity index (χ1v) is 5.53. The van der Waals surface area contributed by atoms with Crippen LogP contribution >= 0.6 is 0 Å². The molecule has 0 atom stereocenters. The van der Waals surface area contributed by atoms with Crippen molar-refractivity contribution >= 4 is 5.90 Å². The molecule has 80 valence electrons. The van der Waals surface area contributed by atoms with Crippen molar-refractivity contribution in [1.29, 1.82) is 0 Å². The zero-order valence-electron chi connectivity index (χ0n) is 7.68. The average molecular weight is 230 g/mol. The largest absolute Gasteiger partial charge is 0.383 e. The third-order valence-corrected chi connectivity index (χ3v) is 2.39. The molecule has 0 N–H and O–H groups in total. The molecular formula is C9H8ClNO4. The van der Waals surface area contributed by atoms with Crippen LogP contribution in [0.15, 0.2) is 29.3 Å². The second kappa shape index (κ2) is 3.79. The molecule has 0 unspecified atom stereocenters. The first-order chi connectivity index (χ1) is 7.06. The molecule has 1 aromatic rings. The number of halogens is 1. The van der Waals surface area contributed by atoms with Crippen LogP contribution in [0, 0.1) is 10.2 Å². The van der Waals surface area contributed by atoms with Gasteiger partial charge in [0.25, 0.3) is 0 Å². The monoisotopic (exact) mass is 229 g/mol. The van der Waals surface area contributed by atoms with Crippen LogP contribution in [0.5, 0.6) is 0 Å². The number of benzene rings is 1. The summed E-state index contributed by atoms with van der Waals surface area (Å²) >= 11 is 0. The summed E-state index contributed by atoms with van der Waals surface area (Å²) in [4.78, 5) is 3.86. The molecule has 0 saturated heterocycles. The van der Waals surface area contributed by atoms with Gasteiger partial charge in [0, 0.05) is 6.54 Å². The van der Waals surface area contributed by atoms with Gasteiger partial charge < -0.3 is 0 Å². The van der Waals surface area contributed by atoms with Gasteiger partial charge in [-0.3, -0.25) is 0 Å². The number of nitrogens with zero attached hydrogens (tertiary/aromatic N) is 1. The quantitative estimate of drug-likeness (QED) is 0.552. The van der Waals surface area contributed by atoms with E-state index in [1.807, 2.05) is 12.1 Å². The van der Waals surface area contributed by atoms with Crippen LogP contribution in [0.2, 0.25) is 0 Å². The predicted octanol–water partition coefficient (Wildman–Crippen LogP) is -2.10. The van der Waals surface area contributed by atoms with Crippen LogP contribution in [0.1, 0.15) is 11.1 Å². The third-order valence-electron chi connectivity index (χ3n) is 2.05. The van der Waals surface area contributed by atoms with E-state index in [-0.39, 0.29) is 5.90 Å². The maximum atomic E-state index is 10.4. The van der Waals surface area contributed by atoms with E-state index in [2.05, 4.69) is 9.28 Å². The van der Waals surface area contributed by atoms with Crippen molar-refractivity contribution in [3.63, 3.8) is 0 Å². The molecule has 1 aliphatic heterocycles. The Labute approximate surface area is 88.4 Å². The van der Waals surface area contributed by atoms with Gasteiger partial charge in [0.1, 0.15) is 10.2 Å². The maximum absolute atomic E-state index is 10.4. The molecule has 0 radical (unpaired) electrons. The van der Waals surface area contributed by atoms with Crippen molar-refractivity contribution in [2.24, 2.45) is 4.99 Å². The van der Waals surface area contributed by atoms with Crippen molar-refractivity contribution in [3.05, 3.63) is 35.4 Å². The highest BCUT2D eigenvalue weighted by atomic mass is 35.7. The summed E-state index contributed by atoms with van der Waals surface area (Å²) in [5.74, 6) is -0.117. The molecule has 0 aliphatic carbocycles. The van der Waals surface area contributed by atoms with E-state index in [0.29, 0.717) is 12.1 Å². The first-order valence-electron chi connectivity index (χ1n) is 4.29. The van der Waals surface area contributed by atoms with Crippen molar-refractivity contribution in [2.45, 2.75) is 6.42 Å². The summed E-state index contributed by atoms with van der Waals surface area (Å²) in [6.07, 6.45) is 0.721. The van der Waals surface area contributed by atoms with Gasteiger partial charge in [-0.25, -0.2) is 4.99 Å². The van der Waals surface area contributed by atoms with E-state index in [4.69, 9.17) is 0 Å². The van der Waals surface area contributed by atoms with E-state index < -0.39 is 10.2 Å². The Kier molecular flexibility index (Phi) is 2.62. The topological polar surface area (TPSA) is 90.8 Å². The minimum Gasteiger partial charge on any atom is -0.237 e. The number of rotatable bonds is 1. The van der Waals surface area contributed by atoms with Gasteiger partial charge in [-0.2, -0.15) is 14.0 Å². The molecule has 1 heterocycles. The number of hydrogen-bond acceptors (Lipinski definition) is 5. The van der Waals surface area contributed by atoms with Gasteiger partial charge in [-0.15, -0.1) is 0 Å². The molecule has 1 aliphatic rings. The minimum absolute atomic E-state index is 0.117. The Bertz CT molecular complexity index is 399. The highest BCUT2D eigenvalue weighted by Gasteiger charge is 2.28. The number of fused-ring (bicyclic) bond motifs is 1. The Morgan fingerprint density at radius 1 is 1.20 bits per heavy atom. The average Bonchev–Trinajstić information content (AvgIpc) is 2.16. The molecule has 0 fully saturated rings. The summed E-state index contributed by atoms with van der Waals surface area (Å²) in [5, 5.41) is 0. The third kappa shape index (κ3) is 2.45. The lowest BCUT2D eigenvalue weighted by molar-refractivity contribution is -1.91. The van der Waals surface area contributed by atoms with Gasteiger partial charge in [0.15, 0.2) is 0 Å². The van der Waals surface area contributed by atoms with E-state index in [1.165, 1.54) is 0 Å². The minimum atomic E-state index is -4.47. The number of hydrogen-bond donors (Lipinski definition) is 0. The Morgan fingerprint density at radius 3 is 2.67 bits per heavy atom. The maximum Gasteiger partial charge on any atom is 0.383 e. The molecule has 0 aromatic heterocycles. The van der Waals surface area contributed by atoms with Crippen LogP contribution < -0.4 is 14.0 Å². The molecule has 5 nitrogen and oxygen atoms in total. The molecule has 0 amide bonds. The zero-order valence-corrected chi connectivity index (χ0v) is 8.44. The Balaban J connectivity index is 2.31. The van der Waals surface area contributed by atoms with E-state index in [9.17, 15) is 14.0 Å². The summed E-state index contributed by atoms with van der Waals surface area (Å²) in [7, 11) is -4.47. The number of aliphatic imine (C=N–C) groups is 1. The predicted molar refractivity (Wildman–Crippen MR) is 42.6 cm³/mol. The summed E-state index contributed by atoms with van der Waals surface area (Å²) in [5.41, 5.74) is 1.50. The lowest BCUT2D eigenvalue weighted by Gasteiger charge is -2.16. The fraction of sp³-hybridized carbons (Fsp3) is 0.222. The van der Waals surface area contributed by atoms with Gasteiger partial charge in [-0.1, -0.05) is 18.2 Å². The SMILES string of the molecule is [O-][Cl+3]([O-])([O-])OC1=NCCc2ccccc21. The van der Waals surface area contributed by atoms with Crippen LogP contribution in [-0.2, 0) is 10.7 Å². The van der Waals surface area contributed by atoms with Crippen LogP contribution in [0.25, 0.3) is 0 Å². The highest BCUT2D eigenvalue weighted by molar-refractivity contribution is 5.95. The van der Waals surface area contributed by atoms with Crippen LogP contribution in [0.3, 0.4) is 0 Å². The van der Waals surface area contributed by atoms with E-state index in [0.717, 1.165) is 12.0 Å².